The van der Waals surface area contributed by atoms with Gasteiger partial charge >= 0.3 is 0 Å². The number of para-hydroxylation sites is 2. The molecule has 4 N–H and O–H groups in total. The van der Waals surface area contributed by atoms with Gasteiger partial charge in [-0.25, -0.2) is 0 Å². The smallest absolute Gasteiger partial charge is 0.260 e. The summed E-state index contributed by atoms with van der Waals surface area (Å²) in [4.78, 5) is 14.5. The van der Waals surface area contributed by atoms with Crippen LogP contribution in [0.3, 0.4) is 0 Å². The van der Waals surface area contributed by atoms with Crippen molar-refractivity contribution in [3.05, 3.63) is 48.0 Å². The highest BCUT2D eigenvalue weighted by Crippen LogP contribution is 2.32. The third kappa shape index (κ3) is 2.50. The molecule has 0 bridgehead atoms. The van der Waals surface area contributed by atoms with Gasteiger partial charge in [0.15, 0.2) is 0 Å². The highest BCUT2D eigenvalue weighted by molar-refractivity contribution is 6.10. The van der Waals surface area contributed by atoms with Gasteiger partial charge in [0.25, 0.3) is 5.91 Å². The number of hydrogen-bond acceptors (Lipinski definition) is 4. The van der Waals surface area contributed by atoms with Crippen LogP contribution >= 0.6 is 0 Å². The maximum Gasteiger partial charge on any atom is 0.260 e. The Labute approximate surface area is 123 Å². The number of nitrogens with two attached hydrogens (primary N) is 2. The molecule has 21 heavy (non-hydrogen) atoms. The van der Waals surface area contributed by atoms with Crippen LogP contribution in [0.1, 0.15) is 16.8 Å². The zero-order valence-electron chi connectivity index (χ0n) is 11.6. The van der Waals surface area contributed by atoms with Crippen molar-refractivity contribution < 1.29 is 9.53 Å². The first-order chi connectivity index (χ1) is 10.2. The van der Waals surface area contributed by atoms with Crippen LogP contribution in [-0.4, -0.2) is 19.1 Å². The Bertz CT molecular complexity index is 685. The van der Waals surface area contributed by atoms with E-state index in [-0.39, 0.29) is 5.91 Å². The zero-order valence-corrected chi connectivity index (χ0v) is 11.6. The summed E-state index contributed by atoms with van der Waals surface area (Å²) in [6, 6.07) is 12.5. The fraction of sp³-hybridized carbons (Fsp3) is 0.188. The second kappa shape index (κ2) is 5.36. The van der Waals surface area contributed by atoms with Gasteiger partial charge in [-0.1, -0.05) is 12.1 Å². The predicted molar refractivity (Wildman–Crippen MR) is 83.5 cm³/mol. The molecule has 0 unspecified atom stereocenters. The van der Waals surface area contributed by atoms with Crippen LogP contribution in [0.15, 0.2) is 42.5 Å². The van der Waals surface area contributed by atoms with E-state index in [1.807, 2.05) is 24.3 Å². The molecule has 0 spiro atoms. The average molecular weight is 283 g/mol. The van der Waals surface area contributed by atoms with E-state index in [4.69, 9.17) is 16.2 Å². The number of carbonyl (C=O) groups is 1. The fourth-order valence-corrected chi connectivity index (χ4v) is 2.46. The summed E-state index contributed by atoms with van der Waals surface area (Å²) in [7, 11) is 0. The Morgan fingerprint density at radius 2 is 1.95 bits per heavy atom. The minimum absolute atomic E-state index is 0.134. The van der Waals surface area contributed by atoms with Crippen molar-refractivity contribution in [1.82, 2.24) is 0 Å². The molecule has 1 aliphatic rings. The SMILES string of the molecule is Nc1ccc(C(=O)N2CCCOc3ccccc32)c(N)c1. The van der Waals surface area contributed by atoms with E-state index in [0.29, 0.717) is 30.1 Å². The van der Waals surface area contributed by atoms with Crippen LogP contribution in [0, 0.1) is 0 Å². The minimum Gasteiger partial charge on any atom is -0.491 e. The lowest BCUT2D eigenvalue weighted by molar-refractivity contribution is 0.0988. The molecule has 2 aromatic rings. The lowest BCUT2D eigenvalue weighted by Gasteiger charge is -2.22. The van der Waals surface area contributed by atoms with E-state index >= 15 is 0 Å². The molecule has 0 saturated carbocycles. The molecule has 2 aromatic carbocycles. The molecule has 0 atom stereocenters. The van der Waals surface area contributed by atoms with Crippen LogP contribution < -0.4 is 21.1 Å². The number of hydrogen-bond donors (Lipinski definition) is 2. The molecule has 3 rings (SSSR count). The summed E-state index contributed by atoms with van der Waals surface area (Å²) in [5, 5.41) is 0. The molecule has 1 heterocycles. The molecule has 0 aliphatic carbocycles. The molecule has 0 radical (unpaired) electrons. The second-order valence-corrected chi connectivity index (χ2v) is 4.97. The number of fused-ring (bicyclic) bond motifs is 1. The molecule has 108 valence electrons. The molecule has 0 saturated heterocycles. The van der Waals surface area contributed by atoms with Gasteiger partial charge in [-0.15, -0.1) is 0 Å². The number of nitrogen functional groups attached to an aromatic ring is 2. The summed E-state index contributed by atoms with van der Waals surface area (Å²) in [6.07, 6.45) is 0.773. The highest BCUT2D eigenvalue weighted by Gasteiger charge is 2.24. The minimum atomic E-state index is -0.134. The molecule has 0 aromatic heterocycles. The first kappa shape index (κ1) is 13.3. The van der Waals surface area contributed by atoms with E-state index in [0.717, 1.165) is 17.9 Å². The summed E-state index contributed by atoms with van der Waals surface area (Å²) >= 11 is 0. The Morgan fingerprint density at radius 3 is 2.76 bits per heavy atom. The Balaban J connectivity index is 2.01. The fourth-order valence-electron chi connectivity index (χ4n) is 2.46. The number of benzene rings is 2. The van der Waals surface area contributed by atoms with E-state index in [2.05, 4.69) is 0 Å². The Hall–Kier alpha value is -2.69. The molecule has 5 nitrogen and oxygen atoms in total. The van der Waals surface area contributed by atoms with Crippen molar-refractivity contribution in [1.29, 1.82) is 0 Å². The number of amides is 1. The predicted octanol–water partition coefficient (Wildman–Crippen LogP) is 2.28. The van der Waals surface area contributed by atoms with Gasteiger partial charge < -0.3 is 21.1 Å². The number of ether oxygens (including phenoxy) is 1. The number of anilines is 3. The maximum absolute atomic E-state index is 12.8. The summed E-state index contributed by atoms with van der Waals surface area (Å²) in [5.74, 6) is 0.586. The molecule has 5 heteroatoms. The molecule has 0 fully saturated rings. The van der Waals surface area contributed by atoms with Crippen molar-refractivity contribution in [2.24, 2.45) is 0 Å². The van der Waals surface area contributed by atoms with Crippen LogP contribution in [0.25, 0.3) is 0 Å². The summed E-state index contributed by atoms with van der Waals surface area (Å²) < 4.78 is 5.67. The normalized spacial score (nSPS) is 14.0. The van der Waals surface area contributed by atoms with E-state index < -0.39 is 0 Å². The topological polar surface area (TPSA) is 81.6 Å². The molecule has 1 aliphatic heterocycles. The molecule has 1 amide bonds. The van der Waals surface area contributed by atoms with Crippen molar-refractivity contribution in [2.45, 2.75) is 6.42 Å². The lowest BCUT2D eigenvalue weighted by atomic mass is 10.1. The molecular weight excluding hydrogens is 266 g/mol. The van der Waals surface area contributed by atoms with Crippen LogP contribution in [0.4, 0.5) is 17.1 Å². The van der Waals surface area contributed by atoms with Gasteiger partial charge in [-0.2, -0.15) is 0 Å². The Kier molecular flexibility index (Phi) is 3.39. The number of nitrogens with zero attached hydrogens (tertiary/aromatic N) is 1. The monoisotopic (exact) mass is 283 g/mol. The average Bonchev–Trinajstić information content (AvgIpc) is 2.69. The van der Waals surface area contributed by atoms with E-state index in [1.54, 1.807) is 23.1 Å². The van der Waals surface area contributed by atoms with Gasteiger partial charge in [0.2, 0.25) is 0 Å². The van der Waals surface area contributed by atoms with Crippen molar-refractivity contribution >= 4 is 23.0 Å². The lowest BCUT2D eigenvalue weighted by Crippen LogP contribution is -2.32. The van der Waals surface area contributed by atoms with Gasteiger partial charge in [-0.3, -0.25) is 4.79 Å². The van der Waals surface area contributed by atoms with Crippen LogP contribution in [0.2, 0.25) is 0 Å². The van der Waals surface area contributed by atoms with Crippen molar-refractivity contribution in [2.75, 3.05) is 29.5 Å². The Morgan fingerprint density at radius 1 is 1.14 bits per heavy atom. The van der Waals surface area contributed by atoms with Crippen LogP contribution in [0.5, 0.6) is 5.75 Å². The first-order valence-electron chi connectivity index (χ1n) is 6.85. The van der Waals surface area contributed by atoms with Gasteiger partial charge in [-0.05, 0) is 36.8 Å². The first-order valence-corrected chi connectivity index (χ1v) is 6.85. The summed E-state index contributed by atoms with van der Waals surface area (Å²) in [5.41, 5.74) is 13.8. The van der Waals surface area contributed by atoms with Gasteiger partial charge in [0, 0.05) is 17.9 Å². The zero-order chi connectivity index (χ0) is 14.8. The highest BCUT2D eigenvalue weighted by atomic mass is 16.5. The van der Waals surface area contributed by atoms with Gasteiger partial charge in [0.1, 0.15) is 5.75 Å². The maximum atomic E-state index is 12.8. The largest absolute Gasteiger partial charge is 0.491 e. The standard InChI is InChI=1S/C16H17N3O2/c17-11-6-7-12(13(18)10-11)16(20)19-8-3-9-21-15-5-2-1-4-14(15)19/h1-2,4-7,10H,3,8-9,17-18H2. The number of rotatable bonds is 1. The third-order valence-corrected chi connectivity index (χ3v) is 3.49. The molecular formula is C16H17N3O2. The summed E-state index contributed by atoms with van der Waals surface area (Å²) in [6.45, 7) is 1.19. The van der Waals surface area contributed by atoms with Crippen LogP contribution in [-0.2, 0) is 0 Å². The van der Waals surface area contributed by atoms with Crippen molar-refractivity contribution in [3.63, 3.8) is 0 Å². The number of carbonyl (C=O) groups excluding carboxylic acids is 1. The quantitative estimate of drug-likeness (QED) is 0.787. The van der Waals surface area contributed by atoms with E-state index in [9.17, 15) is 4.79 Å². The van der Waals surface area contributed by atoms with Crippen molar-refractivity contribution in [3.8, 4) is 5.75 Å². The van der Waals surface area contributed by atoms with Gasteiger partial charge in [0.05, 0.1) is 17.9 Å². The van der Waals surface area contributed by atoms with E-state index in [1.165, 1.54) is 0 Å². The second-order valence-electron chi connectivity index (χ2n) is 4.97. The third-order valence-electron chi connectivity index (χ3n) is 3.49.